The van der Waals surface area contributed by atoms with Crippen LogP contribution in [0.2, 0.25) is 0 Å². The van der Waals surface area contributed by atoms with Gasteiger partial charge in [-0.1, -0.05) is 6.08 Å². The lowest BCUT2D eigenvalue weighted by molar-refractivity contribution is 0.0697. The summed E-state index contributed by atoms with van der Waals surface area (Å²) >= 11 is 1.43. The molecular formula is C8H8O2S. The number of carboxylic acids is 1. The Hall–Kier alpha value is -1.09. The van der Waals surface area contributed by atoms with E-state index in [1.54, 1.807) is 17.5 Å². The van der Waals surface area contributed by atoms with Crippen molar-refractivity contribution in [2.24, 2.45) is 0 Å². The minimum atomic E-state index is -0.862. The van der Waals surface area contributed by atoms with Crippen LogP contribution in [0, 0.1) is 0 Å². The molecule has 0 saturated heterocycles. The van der Waals surface area contributed by atoms with Crippen LogP contribution in [0.4, 0.5) is 0 Å². The largest absolute Gasteiger partial charge is 0.478 e. The number of carboxylic acid groups (broad SMARTS) is 1. The van der Waals surface area contributed by atoms with Gasteiger partial charge in [0.05, 0.1) is 5.56 Å². The normalized spacial score (nSPS) is 10.6. The van der Waals surface area contributed by atoms with Crippen LogP contribution in [0.1, 0.15) is 22.2 Å². The van der Waals surface area contributed by atoms with Gasteiger partial charge in [0, 0.05) is 4.88 Å². The number of carbonyl (C=O) groups is 1. The molecule has 3 heteroatoms. The Balaban J connectivity index is 3.05. The second-order valence-corrected chi connectivity index (χ2v) is 2.95. The maximum absolute atomic E-state index is 10.5. The Morgan fingerprint density at radius 1 is 1.73 bits per heavy atom. The van der Waals surface area contributed by atoms with E-state index in [1.165, 1.54) is 11.3 Å². The van der Waals surface area contributed by atoms with E-state index in [0.29, 0.717) is 5.56 Å². The van der Waals surface area contributed by atoms with E-state index in [2.05, 4.69) is 0 Å². The molecule has 58 valence electrons. The fraction of sp³-hybridized carbons (Fsp3) is 0.125. The highest BCUT2D eigenvalue weighted by atomic mass is 32.1. The average molecular weight is 168 g/mol. The summed E-state index contributed by atoms with van der Waals surface area (Å²) < 4.78 is 0. The third kappa shape index (κ3) is 1.68. The first-order valence-corrected chi connectivity index (χ1v) is 4.07. The Morgan fingerprint density at radius 2 is 2.45 bits per heavy atom. The van der Waals surface area contributed by atoms with Crippen LogP contribution < -0.4 is 0 Å². The Labute approximate surface area is 68.8 Å². The van der Waals surface area contributed by atoms with Crippen LogP contribution in [-0.4, -0.2) is 11.1 Å². The van der Waals surface area contributed by atoms with Gasteiger partial charge in [-0.15, -0.1) is 11.3 Å². The summed E-state index contributed by atoms with van der Waals surface area (Å²) in [5.74, 6) is -0.862. The summed E-state index contributed by atoms with van der Waals surface area (Å²) in [5.41, 5.74) is 0.383. The van der Waals surface area contributed by atoms with Crippen molar-refractivity contribution >= 4 is 23.4 Å². The van der Waals surface area contributed by atoms with Crippen LogP contribution in [0.3, 0.4) is 0 Å². The molecule has 0 spiro atoms. The highest BCUT2D eigenvalue weighted by Gasteiger charge is 2.07. The Kier molecular flexibility index (Phi) is 2.44. The zero-order chi connectivity index (χ0) is 8.27. The summed E-state index contributed by atoms with van der Waals surface area (Å²) in [5, 5.41) is 10.4. The SMILES string of the molecule is C/C=C/c1sccc1C(=O)O. The van der Waals surface area contributed by atoms with Crippen molar-refractivity contribution in [3.8, 4) is 0 Å². The minimum Gasteiger partial charge on any atom is -0.478 e. The van der Waals surface area contributed by atoms with Crippen LogP contribution in [0.25, 0.3) is 6.08 Å². The van der Waals surface area contributed by atoms with E-state index < -0.39 is 5.97 Å². The van der Waals surface area contributed by atoms with Gasteiger partial charge in [-0.2, -0.15) is 0 Å². The summed E-state index contributed by atoms with van der Waals surface area (Å²) in [4.78, 5) is 11.3. The summed E-state index contributed by atoms with van der Waals surface area (Å²) in [6.45, 7) is 1.87. The standard InChI is InChI=1S/C8H8O2S/c1-2-3-7-6(8(9)10)4-5-11-7/h2-5H,1H3,(H,9,10)/b3-2+. The topological polar surface area (TPSA) is 37.3 Å². The molecule has 0 aliphatic rings. The molecule has 0 atom stereocenters. The summed E-state index contributed by atoms with van der Waals surface area (Å²) in [6, 6.07) is 1.61. The molecule has 11 heavy (non-hydrogen) atoms. The summed E-state index contributed by atoms with van der Waals surface area (Å²) in [7, 11) is 0. The van der Waals surface area contributed by atoms with E-state index in [4.69, 9.17) is 5.11 Å². The van der Waals surface area contributed by atoms with Crippen molar-refractivity contribution in [2.75, 3.05) is 0 Å². The number of hydrogen-bond donors (Lipinski definition) is 1. The maximum atomic E-state index is 10.5. The maximum Gasteiger partial charge on any atom is 0.337 e. The first kappa shape index (κ1) is 8.01. The zero-order valence-corrected chi connectivity index (χ0v) is 6.89. The van der Waals surface area contributed by atoms with E-state index in [-0.39, 0.29) is 0 Å². The molecule has 1 N–H and O–H groups in total. The lowest BCUT2D eigenvalue weighted by Gasteiger charge is -1.89. The third-order valence-electron chi connectivity index (χ3n) is 1.24. The van der Waals surface area contributed by atoms with Gasteiger partial charge in [0.2, 0.25) is 0 Å². The third-order valence-corrected chi connectivity index (χ3v) is 2.13. The molecule has 0 aromatic carbocycles. The van der Waals surface area contributed by atoms with Crippen LogP contribution in [0.5, 0.6) is 0 Å². The molecule has 1 rings (SSSR count). The Morgan fingerprint density at radius 3 is 3.00 bits per heavy atom. The lowest BCUT2D eigenvalue weighted by Crippen LogP contribution is -1.94. The number of allylic oxidation sites excluding steroid dienone is 1. The molecule has 1 aromatic rings. The molecular weight excluding hydrogens is 160 g/mol. The Bertz CT molecular complexity index is 286. The van der Waals surface area contributed by atoms with Gasteiger partial charge < -0.3 is 5.11 Å². The smallest absolute Gasteiger partial charge is 0.337 e. The second kappa shape index (κ2) is 3.34. The van der Waals surface area contributed by atoms with Gasteiger partial charge in [0.1, 0.15) is 0 Å². The first-order chi connectivity index (χ1) is 5.25. The molecule has 0 amide bonds. The predicted molar refractivity (Wildman–Crippen MR) is 46.0 cm³/mol. The van der Waals surface area contributed by atoms with Gasteiger partial charge in [-0.25, -0.2) is 4.79 Å². The molecule has 2 nitrogen and oxygen atoms in total. The van der Waals surface area contributed by atoms with E-state index >= 15 is 0 Å². The first-order valence-electron chi connectivity index (χ1n) is 3.19. The van der Waals surface area contributed by atoms with Crippen LogP contribution in [0.15, 0.2) is 17.5 Å². The number of rotatable bonds is 2. The molecule has 1 aromatic heterocycles. The van der Waals surface area contributed by atoms with E-state index in [9.17, 15) is 4.79 Å². The van der Waals surface area contributed by atoms with Crippen molar-refractivity contribution in [2.45, 2.75) is 6.92 Å². The zero-order valence-electron chi connectivity index (χ0n) is 6.07. The van der Waals surface area contributed by atoms with Crippen molar-refractivity contribution in [3.05, 3.63) is 28.0 Å². The van der Waals surface area contributed by atoms with Gasteiger partial charge >= 0.3 is 5.97 Å². The lowest BCUT2D eigenvalue weighted by atomic mass is 10.2. The van der Waals surface area contributed by atoms with Crippen molar-refractivity contribution in [1.29, 1.82) is 0 Å². The van der Waals surface area contributed by atoms with Crippen LogP contribution in [-0.2, 0) is 0 Å². The molecule has 0 aliphatic heterocycles. The molecule has 0 saturated carbocycles. The average Bonchev–Trinajstić information content (AvgIpc) is 2.36. The predicted octanol–water partition coefficient (Wildman–Crippen LogP) is 2.48. The highest BCUT2D eigenvalue weighted by molar-refractivity contribution is 7.11. The molecule has 0 fully saturated rings. The fourth-order valence-electron chi connectivity index (χ4n) is 0.778. The number of aromatic carboxylic acids is 1. The highest BCUT2D eigenvalue weighted by Crippen LogP contribution is 2.17. The van der Waals surface area contributed by atoms with Crippen molar-refractivity contribution in [3.63, 3.8) is 0 Å². The van der Waals surface area contributed by atoms with E-state index in [1.807, 2.05) is 13.0 Å². The summed E-state index contributed by atoms with van der Waals surface area (Å²) in [6.07, 6.45) is 3.63. The second-order valence-electron chi connectivity index (χ2n) is 2.00. The van der Waals surface area contributed by atoms with Gasteiger partial charge in [0.25, 0.3) is 0 Å². The number of hydrogen-bond acceptors (Lipinski definition) is 2. The number of thiophene rings is 1. The van der Waals surface area contributed by atoms with Gasteiger partial charge in [-0.3, -0.25) is 0 Å². The molecule has 0 radical (unpaired) electrons. The van der Waals surface area contributed by atoms with Crippen molar-refractivity contribution in [1.82, 2.24) is 0 Å². The van der Waals surface area contributed by atoms with Crippen LogP contribution >= 0.6 is 11.3 Å². The molecule has 0 unspecified atom stereocenters. The fourth-order valence-corrected chi connectivity index (χ4v) is 1.63. The van der Waals surface area contributed by atoms with E-state index in [0.717, 1.165) is 4.88 Å². The monoisotopic (exact) mass is 168 g/mol. The molecule has 1 heterocycles. The molecule has 0 aliphatic carbocycles. The van der Waals surface area contributed by atoms with Gasteiger partial charge in [-0.05, 0) is 24.4 Å². The van der Waals surface area contributed by atoms with Gasteiger partial charge in [0.15, 0.2) is 0 Å². The molecule has 0 bridgehead atoms. The minimum absolute atomic E-state index is 0.383. The quantitative estimate of drug-likeness (QED) is 0.736. The van der Waals surface area contributed by atoms with Crippen molar-refractivity contribution < 1.29 is 9.90 Å².